The SMILES string of the molecule is Cc1ccccc1/C=C1\CCCC2=C1OC(N)=C(C#N)C2c1ccccc1C. The maximum Gasteiger partial charge on any atom is 0.205 e. The van der Waals surface area contributed by atoms with E-state index in [1.807, 2.05) is 18.2 Å². The second-order valence-electron chi connectivity index (χ2n) is 7.52. The molecule has 0 radical (unpaired) electrons. The molecule has 0 amide bonds. The quantitative estimate of drug-likeness (QED) is 0.747. The van der Waals surface area contributed by atoms with Crippen LogP contribution in [0.1, 0.15) is 47.4 Å². The van der Waals surface area contributed by atoms with Crippen molar-refractivity contribution in [2.75, 3.05) is 0 Å². The Balaban J connectivity index is 1.88. The van der Waals surface area contributed by atoms with Gasteiger partial charge in [-0.2, -0.15) is 5.26 Å². The maximum atomic E-state index is 9.81. The van der Waals surface area contributed by atoms with Crippen LogP contribution in [-0.4, -0.2) is 0 Å². The first-order valence-corrected chi connectivity index (χ1v) is 9.73. The van der Waals surface area contributed by atoms with Gasteiger partial charge in [0.2, 0.25) is 5.88 Å². The van der Waals surface area contributed by atoms with Crippen molar-refractivity contribution < 1.29 is 4.74 Å². The molecule has 140 valence electrons. The molecule has 1 aliphatic heterocycles. The van der Waals surface area contributed by atoms with Gasteiger partial charge in [0.1, 0.15) is 17.4 Å². The van der Waals surface area contributed by atoms with E-state index < -0.39 is 0 Å². The molecule has 3 nitrogen and oxygen atoms in total. The lowest BCUT2D eigenvalue weighted by Crippen LogP contribution is -2.24. The predicted molar refractivity (Wildman–Crippen MR) is 112 cm³/mol. The highest BCUT2D eigenvalue weighted by atomic mass is 16.5. The molecule has 28 heavy (non-hydrogen) atoms. The van der Waals surface area contributed by atoms with Crippen LogP contribution in [0.5, 0.6) is 0 Å². The minimum absolute atomic E-state index is 0.129. The number of allylic oxidation sites excluding steroid dienone is 3. The molecule has 1 atom stereocenters. The molecule has 1 unspecified atom stereocenters. The number of benzene rings is 2. The number of nitrogens with two attached hydrogens (primary N) is 1. The van der Waals surface area contributed by atoms with Crippen molar-refractivity contribution in [3.05, 3.63) is 99.1 Å². The van der Waals surface area contributed by atoms with E-state index in [0.717, 1.165) is 41.7 Å². The van der Waals surface area contributed by atoms with Crippen LogP contribution in [0.3, 0.4) is 0 Å². The zero-order chi connectivity index (χ0) is 19.7. The van der Waals surface area contributed by atoms with Gasteiger partial charge in [-0.25, -0.2) is 0 Å². The summed E-state index contributed by atoms with van der Waals surface area (Å²) in [7, 11) is 0. The van der Waals surface area contributed by atoms with E-state index in [-0.39, 0.29) is 11.8 Å². The van der Waals surface area contributed by atoms with Crippen LogP contribution in [-0.2, 0) is 4.74 Å². The minimum atomic E-state index is -0.129. The van der Waals surface area contributed by atoms with Gasteiger partial charge in [0.25, 0.3) is 0 Å². The number of nitriles is 1. The third-order valence-corrected chi connectivity index (χ3v) is 5.73. The summed E-state index contributed by atoms with van der Waals surface area (Å²) in [5, 5.41) is 9.81. The summed E-state index contributed by atoms with van der Waals surface area (Å²) >= 11 is 0. The summed E-state index contributed by atoms with van der Waals surface area (Å²) in [5.41, 5.74) is 13.8. The van der Waals surface area contributed by atoms with Gasteiger partial charge in [0.05, 0.1) is 0 Å². The summed E-state index contributed by atoms with van der Waals surface area (Å²) in [6, 6.07) is 18.9. The van der Waals surface area contributed by atoms with E-state index in [4.69, 9.17) is 10.5 Å². The lowest BCUT2D eigenvalue weighted by molar-refractivity contribution is 0.277. The molecular formula is C25H24N2O. The molecule has 2 aromatic rings. The minimum Gasteiger partial charge on any atom is -0.440 e. The normalized spacial score (nSPS) is 20.6. The van der Waals surface area contributed by atoms with Crippen LogP contribution in [0.15, 0.2) is 76.9 Å². The smallest absolute Gasteiger partial charge is 0.205 e. The van der Waals surface area contributed by atoms with Gasteiger partial charge in [-0.1, -0.05) is 48.5 Å². The molecule has 0 aromatic heterocycles. The van der Waals surface area contributed by atoms with E-state index in [2.05, 4.69) is 56.3 Å². The second kappa shape index (κ2) is 7.40. The van der Waals surface area contributed by atoms with Gasteiger partial charge in [-0.15, -0.1) is 0 Å². The fourth-order valence-electron chi connectivity index (χ4n) is 4.24. The Morgan fingerprint density at radius 3 is 2.46 bits per heavy atom. The Morgan fingerprint density at radius 2 is 1.75 bits per heavy atom. The Hall–Kier alpha value is -3.25. The third kappa shape index (κ3) is 3.12. The number of nitrogens with zero attached hydrogens (tertiary/aromatic N) is 1. The van der Waals surface area contributed by atoms with E-state index >= 15 is 0 Å². The van der Waals surface area contributed by atoms with Gasteiger partial charge in [-0.05, 0) is 72.6 Å². The number of ether oxygens (including phenoxy) is 1. The fourth-order valence-corrected chi connectivity index (χ4v) is 4.24. The lowest BCUT2D eigenvalue weighted by atomic mass is 9.76. The lowest BCUT2D eigenvalue weighted by Gasteiger charge is -2.34. The summed E-state index contributed by atoms with van der Waals surface area (Å²) in [5.74, 6) is 0.960. The van der Waals surface area contributed by atoms with Crippen molar-refractivity contribution in [1.29, 1.82) is 5.26 Å². The summed E-state index contributed by atoms with van der Waals surface area (Å²) in [6.45, 7) is 4.20. The van der Waals surface area contributed by atoms with Crippen LogP contribution in [0.25, 0.3) is 6.08 Å². The third-order valence-electron chi connectivity index (χ3n) is 5.73. The molecule has 1 heterocycles. The zero-order valence-corrected chi connectivity index (χ0v) is 16.3. The van der Waals surface area contributed by atoms with Gasteiger partial charge in [0.15, 0.2) is 0 Å². The summed E-state index contributed by atoms with van der Waals surface area (Å²) in [6.07, 6.45) is 5.12. The molecule has 3 heteroatoms. The summed E-state index contributed by atoms with van der Waals surface area (Å²) < 4.78 is 6.06. The van der Waals surface area contributed by atoms with Crippen molar-refractivity contribution in [3.63, 3.8) is 0 Å². The van der Waals surface area contributed by atoms with E-state index in [1.54, 1.807) is 0 Å². The Labute approximate surface area is 166 Å². The first kappa shape index (κ1) is 18.1. The predicted octanol–water partition coefficient (Wildman–Crippen LogP) is 5.63. The van der Waals surface area contributed by atoms with Crippen LogP contribution >= 0.6 is 0 Å². The van der Waals surface area contributed by atoms with Gasteiger partial charge in [0, 0.05) is 5.92 Å². The Morgan fingerprint density at radius 1 is 1.04 bits per heavy atom. The maximum absolute atomic E-state index is 9.81. The molecule has 2 aromatic carbocycles. The zero-order valence-electron chi connectivity index (χ0n) is 16.3. The van der Waals surface area contributed by atoms with E-state index in [1.165, 1.54) is 16.7 Å². The highest BCUT2D eigenvalue weighted by Crippen LogP contribution is 2.47. The standard InChI is InChI=1S/C25H24N2O/c1-16-8-3-5-10-18(16)14-19-11-7-13-21-23(20-12-6-4-9-17(20)2)22(15-26)25(27)28-24(19)21/h3-6,8-10,12,14,23H,7,11,13,27H2,1-2H3/b19-14+. The second-order valence-corrected chi connectivity index (χ2v) is 7.52. The molecule has 0 spiro atoms. The van der Waals surface area contributed by atoms with Gasteiger partial charge < -0.3 is 10.5 Å². The average molecular weight is 368 g/mol. The number of hydrogen-bond donors (Lipinski definition) is 1. The van der Waals surface area contributed by atoms with Gasteiger partial charge >= 0.3 is 0 Å². The molecule has 2 aliphatic rings. The molecule has 0 bridgehead atoms. The largest absolute Gasteiger partial charge is 0.440 e. The van der Waals surface area contributed by atoms with Crippen LogP contribution in [0.2, 0.25) is 0 Å². The molecule has 4 rings (SSSR count). The average Bonchev–Trinajstić information content (AvgIpc) is 2.70. The van der Waals surface area contributed by atoms with Crippen molar-refractivity contribution in [2.24, 2.45) is 5.73 Å². The van der Waals surface area contributed by atoms with Crippen molar-refractivity contribution in [3.8, 4) is 6.07 Å². The van der Waals surface area contributed by atoms with Crippen molar-refractivity contribution in [2.45, 2.75) is 39.0 Å². The van der Waals surface area contributed by atoms with E-state index in [0.29, 0.717) is 5.57 Å². The Bertz CT molecular complexity index is 1070. The van der Waals surface area contributed by atoms with Crippen LogP contribution in [0.4, 0.5) is 0 Å². The molecule has 0 saturated carbocycles. The van der Waals surface area contributed by atoms with Crippen LogP contribution < -0.4 is 5.73 Å². The monoisotopic (exact) mass is 368 g/mol. The fraction of sp³-hybridized carbons (Fsp3) is 0.240. The first-order valence-electron chi connectivity index (χ1n) is 9.73. The van der Waals surface area contributed by atoms with Crippen LogP contribution in [0, 0.1) is 25.2 Å². The Kier molecular flexibility index (Phi) is 4.79. The van der Waals surface area contributed by atoms with Crippen molar-refractivity contribution in [1.82, 2.24) is 0 Å². The van der Waals surface area contributed by atoms with Crippen molar-refractivity contribution >= 4 is 6.08 Å². The molecular weight excluding hydrogens is 344 g/mol. The highest BCUT2D eigenvalue weighted by molar-refractivity contribution is 5.64. The molecule has 2 N–H and O–H groups in total. The number of hydrogen-bond acceptors (Lipinski definition) is 3. The van der Waals surface area contributed by atoms with Gasteiger partial charge in [-0.3, -0.25) is 0 Å². The number of rotatable bonds is 2. The molecule has 0 fully saturated rings. The molecule has 1 aliphatic carbocycles. The highest BCUT2D eigenvalue weighted by Gasteiger charge is 2.36. The first-order chi connectivity index (χ1) is 13.6. The van der Waals surface area contributed by atoms with E-state index in [9.17, 15) is 5.26 Å². The topological polar surface area (TPSA) is 59.0 Å². The summed E-state index contributed by atoms with van der Waals surface area (Å²) in [4.78, 5) is 0. The molecule has 0 saturated heterocycles. The number of aryl methyl sites for hydroxylation is 2.